The maximum absolute atomic E-state index is 10.3. The standard InChI is InChI=1S/C9H12ClNO3S.Na/c1-7-2-3-8(6-9(7)10)11-4-5-15(12,13)14;/h2-3,6,11H,4-5H2,1H3,(H,12,13,14);/q;+1/p-1. The van der Waals surface area contributed by atoms with Crippen LogP contribution < -0.4 is 34.9 Å². The van der Waals surface area contributed by atoms with Crippen molar-refractivity contribution < 1.29 is 42.5 Å². The van der Waals surface area contributed by atoms with Crippen LogP contribution in [0.5, 0.6) is 0 Å². The van der Waals surface area contributed by atoms with E-state index in [0.29, 0.717) is 10.7 Å². The molecule has 84 valence electrons. The summed E-state index contributed by atoms with van der Waals surface area (Å²) in [5, 5.41) is 3.41. The van der Waals surface area contributed by atoms with Crippen molar-refractivity contribution in [3.63, 3.8) is 0 Å². The predicted octanol–water partition coefficient (Wildman–Crippen LogP) is -1.39. The van der Waals surface area contributed by atoms with Crippen LogP contribution >= 0.6 is 11.6 Å². The van der Waals surface area contributed by atoms with Gasteiger partial charge in [-0.25, -0.2) is 8.42 Å². The Morgan fingerprint density at radius 3 is 2.56 bits per heavy atom. The van der Waals surface area contributed by atoms with Crippen molar-refractivity contribution in [3.8, 4) is 0 Å². The molecule has 0 bridgehead atoms. The third-order valence-corrected chi connectivity index (χ3v) is 2.96. The first-order chi connectivity index (χ1) is 6.88. The van der Waals surface area contributed by atoms with Crippen LogP contribution in [0.4, 0.5) is 5.69 Å². The molecule has 1 aromatic rings. The maximum atomic E-state index is 10.3. The fourth-order valence-electron chi connectivity index (χ4n) is 1.02. The van der Waals surface area contributed by atoms with E-state index in [4.69, 9.17) is 11.6 Å². The van der Waals surface area contributed by atoms with Crippen molar-refractivity contribution in [3.05, 3.63) is 28.8 Å². The van der Waals surface area contributed by atoms with E-state index in [1.165, 1.54) is 0 Å². The van der Waals surface area contributed by atoms with E-state index in [9.17, 15) is 13.0 Å². The van der Waals surface area contributed by atoms with Gasteiger partial charge in [0.25, 0.3) is 0 Å². The van der Waals surface area contributed by atoms with Gasteiger partial charge in [0.2, 0.25) is 0 Å². The summed E-state index contributed by atoms with van der Waals surface area (Å²) >= 11 is 5.86. The molecule has 0 radical (unpaired) electrons. The van der Waals surface area contributed by atoms with Crippen LogP contribution in [0, 0.1) is 6.92 Å². The molecule has 0 amide bonds. The number of anilines is 1. The summed E-state index contributed by atoms with van der Waals surface area (Å²) in [4.78, 5) is 0. The third-order valence-electron chi connectivity index (χ3n) is 1.85. The Hall–Kier alpha value is 0.220. The Kier molecular flexibility index (Phi) is 6.93. The minimum absolute atomic E-state index is 0. The molecule has 7 heteroatoms. The van der Waals surface area contributed by atoms with Gasteiger partial charge in [0, 0.05) is 17.3 Å². The Morgan fingerprint density at radius 2 is 2.06 bits per heavy atom. The Labute approximate surface area is 122 Å². The Balaban J connectivity index is 0.00000225. The zero-order chi connectivity index (χ0) is 11.5. The monoisotopic (exact) mass is 271 g/mol. The average molecular weight is 272 g/mol. The molecule has 0 spiro atoms. The van der Waals surface area contributed by atoms with E-state index in [1.807, 2.05) is 13.0 Å². The first-order valence-corrected chi connectivity index (χ1v) is 6.27. The zero-order valence-electron chi connectivity index (χ0n) is 9.16. The number of hydrogen-bond acceptors (Lipinski definition) is 4. The summed E-state index contributed by atoms with van der Waals surface area (Å²) in [6, 6.07) is 5.28. The molecule has 0 aliphatic rings. The van der Waals surface area contributed by atoms with Gasteiger partial charge in [-0.1, -0.05) is 17.7 Å². The van der Waals surface area contributed by atoms with Crippen LogP contribution in [0.15, 0.2) is 18.2 Å². The maximum Gasteiger partial charge on any atom is 1.00 e. The molecule has 4 nitrogen and oxygen atoms in total. The third kappa shape index (κ3) is 6.08. The van der Waals surface area contributed by atoms with Gasteiger partial charge < -0.3 is 9.87 Å². The van der Waals surface area contributed by atoms with Crippen LogP contribution in [0.3, 0.4) is 0 Å². The molecule has 0 aromatic heterocycles. The minimum atomic E-state index is -4.16. The predicted molar refractivity (Wildman–Crippen MR) is 59.2 cm³/mol. The van der Waals surface area contributed by atoms with E-state index in [1.54, 1.807) is 12.1 Å². The van der Waals surface area contributed by atoms with Crippen molar-refractivity contribution in [1.29, 1.82) is 0 Å². The summed E-state index contributed by atoms with van der Waals surface area (Å²) in [5.74, 6) is -0.432. The molecule has 0 heterocycles. The fourth-order valence-corrected chi connectivity index (χ4v) is 1.56. The average Bonchev–Trinajstić information content (AvgIpc) is 2.09. The number of halogens is 1. The molecule has 16 heavy (non-hydrogen) atoms. The molecule has 0 saturated carbocycles. The summed E-state index contributed by atoms with van der Waals surface area (Å²) in [5.41, 5.74) is 1.65. The van der Waals surface area contributed by atoms with E-state index in [2.05, 4.69) is 5.32 Å². The van der Waals surface area contributed by atoms with E-state index >= 15 is 0 Å². The second-order valence-corrected chi connectivity index (χ2v) is 5.08. The van der Waals surface area contributed by atoms with Gasteiger partial charge in [-0.3, -0.25) is 0 Å². The molecule has 0 aliphatic heterocycles. The van der Waals surface area contributed by atoms with Crippen molar-refractivity contribution in [1.82, 2.24) is 0 Å². The van der Waals surface area contributed by atoms with E-state index in [-0.39, 0.29) is 36.1 Å². The van der Waals surface area contributed by atoms with Gasteiger partial charge in [0.1, 0.15) is 0 Å². The topological polar surface area (TPSA) is 69.2 Å². The van der Waals surface area contributed by atoms with Crippen molar-refractivity contribution in [2.75, 3.05) is 17.6 Å². The fraction of sp³-hybridized carbons (Fsp3) is 0.333. The first-order valence-electron chi connectivity index (χ1n) is 4.32. The number of rotatable bonds is 4. The SMILES string of the molecule is Cc1ccc(NCCS(=O)(=O)[O-])cc1Cl.[Na+]. The molecular formula is C9H11ClNNaO3S. The number of aryl methyl sites for hydroxylation is 1. The summed E-state index contributed by atoms with van der Waals surface area (Å²) < 4.78 is 31.0. The van der Waals surface area contributed by atoms with Gasteiger partial charge in [-0.05, 0) is 24.6 Å². The molecule has 0 unspecified atom stereocenters. The van der Waals surface area contributed by atoms with Gasteiger partial charge in [0.15, 0.2) is 0 Å². The van der Waals surface area contributed by atoms with Crippen LogP contribution in [0.1, 0.15) is 5.56 Å². The number of nitrogens with one attached hydrogen (secondary N) is 1. The molecule has 0 atom stereocenters. The number of hydrogen-bond donors (Lipinski definition) is 1. The largest absolute Gasteiger partial charge is 1.00 e. The molecule has 1 rings (SSSR count). The summed E-state index contributed by atoms with van der Waals surface area (Å²) in [7, 11) is -4.16. The van der Waals surface area contributed by atoms with Gasteiger partial charge >= 0.3 is 29.6 Å². The summed E-state index contributed by atoms with van der Waals surface area (Å²) in [6.45, 7) is 1.96. The van der Waals surface area contributed by atoms with Gasteiger partial charge in [-0.2, -0.15) is 0 Å². The number of benzene rings is 1. The molecule has 1 N–H and O–H groups in total. The van der Waals surface area contributed by atoms with E-state index in [0.717, 1.165) is 5.56 Å². The Morgan fingerprint density at radius 1 is 1.44 bits per heavy atom. The molecule has 1 aromatic carbocycles. The van der Waals surface area contributed by atoms with Crippen molar-refractivity contribution in [2.45, 2.75) is 6.92 Å². The molecular weight excluding hydrogens is 261 g/mol. The first kappa shape index (κ1) is 16.2. The van der Waals surface area contributed by atoms with Crippen LogP contribution in [-0.2, 0) is 10.1 Å². The summed E-state index contributed by atoms with van der Waals surface area (Å²) in [6.07, 6.45) is 0. The second kappa shape index (κ2) is 6.83. The smallest absolute Gasteiger partial charge is 0.748 e. The van der Waals surface area contributed by atoms with E-state index < -0.39 is 15.9 Å². The normalized spacial score (nSPS) is 10.7. The van der Waals surface area contributed by atoms with Crippen molar-refractivity contribution in [2.24, 2.45) is 0 Å². The van der Waals surface area contributed by atoms with Crippen LogP contribution in [0.2, 0.25) is 5.02 Å². The second-order valence-electron chi connectivity index (χ2n) is 3.15. The Bertz CT molecular complexity index is 450. The zero-order valence-corrected chi connectivity index (χ0v) is 12.7. The molecule has 0 fully saturated rings. The molecule has 0 aliphatic carbocycles. The van der Waals surface area contributed by atoms with Crippen molar-refractivity contribution >= 4 is 27.4 Å². The van der Waals surface area contributed by atoms with Crippen LogP contribution in [0.25, 0.3) is 0 Å². The minimum Gasteiger partial charge on any atom is -0.748 e. The molecule has 0 saturated heterocycles. The quantitative estimate of drug-likeness (QED) is 0.541. The van der Waals surface area contributed by atoms with Crippen LogP contribution in [-0.4, -0.2) is 25.3 Å². The van der Waals surface area contributed by atoms with Gasteiger partial charge in [0.05, 0.1) is 15.9 Å². The van der Waals surface area contributed by atoms with Gasteiger partial charge in [-0.15, -0.1) is 0 Å².